The summed E-state index contributed by atoms with van der Waals surface area (Å²) in [6, 6.07) is 4.09. The summed E-state index contributed by atoms with van der Waals surface area (Å²) in [5, 5.41) is 0. The van der Waals surface area contributed by atoms with Crippen molar-refractivity contribution in [3.05, 3.63) is 35.1 Å². The van der Waals surface area contributed by atoms with Gasteiger partial charge in [-0.2, -0.15) is 0 Å². The molecule has 1 aromatic rings. The van der Waals surface area contributed by atoms with Crippen LogP contribution in [0.2, 0.25) is 0 Å². The third-order valence-electron chi connectivity index (χ3n) is 1.63. The molecular weight excluding hydrogens is 249 g/mol. The average molecular weight is 256 g/mol. The van der Waals surface area contributed by atoms with Gasteiger partial charge in [0, 0.05) is 0 Å². The van der Waals surface area contributed by atoms with Gasteiger partial charge in [0.25, 0.3) is 3.79 Å². The Bertz CT molecular complexity index is 371. The minimum Gasteiger partial charge on any atom is -0.289 e. The van der Waals surface area contributed by atoms with E-state index < -0.39 is 15.4 Å². The molecular formula is C9H6Cl3FO. The highest BCUT2D eigenvalue weighted by molar-refractivity contribution is 6.77. The monoisotopic (exact) mass is 254 g/mol. The normalized spacial score (nSPS) is 11.5. The van der Waals surface area contributed by atoms with Gasteiger partial charge in [0.2, 0.25) is 5.78 Å². The second-order valence-electron chi connectivity index (χ2n) is 2.81. The van der Waals surface area contributed by atoms with Crippen LogP contribution in [0.3, 0.4) is 0 Å². The largest absolute Gasteiger partial charge is 0.289 e. The van der Waals surface area contributed by atoms with E-state index in [1.165, 1.54) is 12.1 Å². The molecule has 0 aliphatic rings. The van der Waals surface area contributed by atoms with Crippen LogP contribution in [0.15, 0.2) is 18.2 Å². The second kappa shape index (κ2) is 4.05. The smallest absolute Gasteiger partial charge is 0.253 e. The number of ketones is 1. The highest BCUT2D eigenvalue weighted by atomic mass is 35.6. The Kier molecular flexibility index (Phi) is 3.40. The Balaban J connectivity index is 3.15. The number of Topliss-reactive ketones (excluding diaryl/α,β-unsaturated/α-hetero) is 1. The maximum absolute atomic E-state index is 13.2. The predicted molar refractivity (Wildman–Crippen MR) is 55.8 cm³/mol. The standard InChI is InChI=1S/C9H6Cl3FO/c1-5-2-3-6(7(13)4-5)8(14)9(10,11)12/h2-4H,1H3. The van der Waals surface area contributed by atoms with E-state index in [4.69, 9.17) is 34.8 Å². The number of alkyl halides is 3. The molecule has 0 bridgehead atoms. The van der Waals surface area contributed by atoms with Crippen LogP contribution in [-0.4, -0.2) is 9.58 Å². The fourth-order valence-electron chi connectivity index (χ4n) is 0.957. The van der Waals surface area contributed by atoms with Gasteiger partial charge in [-0.15, -0.1) is 0 Å². The summed E-state index contributed by atoms with van der Waals surface area (Å²) in [6.45, 7) is 1.70. The first kappa shape index (κ1) is 11.8. The third kappa shape index (κ3) is 2.59. The highest BCUT2D eigenvalue weighted by Crippen LogP contribution is 2.31. The maximum Gasteiger partial charge on any atom is 0.253 e. The minimum absolute atomic E-state index is 0.212. The van der Waals surface area contributed by atoms with Crippen molar-refractivity contribution in [2.45, 2.75) is 10.7 Å². The molecule has 1 rings (SSSR count). The lowest BCUT2D eigenvalue weighted by molar-refractivity contribution is 0.0992. The molecule has 0 aliphatic heterocycles. The first-order valence-electron chi connectivity index (χ1n) is 3.70. The summed E-state index contributed by atoms with van der Waals surface area (Å²) in [4.78, 5) is 11.4. The molecule has 76 valence electrons. The number of hydrogen-bond acceptors (Lipinski definition) is 1. The van der Waals surface area contributed by atoms with Crippen LogP contribution in [0.5, 0.6) is 0 Å². The Morgan fingerprint density at radius 1 is 1.36 bits per heavy atom. The molecule has 0 amide bonds. The Morgan fingerprint density at radius 3 is 2.36 bits per heavy atom. The van der Waals surface area contributed by atoms with Crippen LogP contribution in [0.1, 0.15) is 15.9 Å². The van der Waals surface area contributed by atoms with Gasteiger partial charge in [0.05, 0.1) is 5.56 Å². The van der Waals surface area contributed by atoms with Gasteiger partial charge in [-0.3, -0.25) is 4.79 Å². The summed E-state index contributed by atoms with van der Waals surface area (Å²) < 4.78 is 11.1. The Morgan fingerprint density at radius 2 is 1.93 bits per heavy atom. The molecule has 0 saturated carbocycles. The zero-order valence-corrected chi connectivity index (χ0v) is 9.42. The molecule has 0 spiro atoms. The average Bonchev–Trinajstić information content (AvgIpc) is 2.01. The van der Waals surface area contributed by atoms with Crippen molar-refractivity contribution in [1.82, 2.24) is 0 Å². The molecule has 0 fully saturated rings. The number of hydrogen-bond donors (Lipinski definition) is 0. The van der Waals surface area contributed by atoms with Crippen molar-refractivity contribution in [2.24, 2.45) is 0 Å². The van der Waals surface area contributed by atoms with E-state index in [0.717, 1.165) is 0 Å². The second-order valence-corrected chi connectivity index (χ2v) is 5.09. The molecule has 0 aliphatic carbocycles. The summed E-state index contributed by atoms with van der Waals surface area (Å²) >= 11 is 16.0. The van der Waals surface area contributed by atoms with E-state index in [9.17, 15) is 9.18 Å². The predicted octanol–water partition coefficient (Wildman–Crippen LogP) is 3.69. The van der Waals surface area contributed by atoms with E-state index in [0.29, 0.717) is 5.56 Å². The van der Waals surface area contributed by atoms with Crippen LogP contribution in [0, 0.1) is 12.7 Å². The molecule has 5 heteroatoms. The van der Waals surface area contributed by atoms with Crippen LogP contribution in [0.25, 0.3) is 0 Å². The van der Waals surface area contributed by atoms with E-state index in [2.05, 4.69) is 0 Å². The van der Waals surface area contributed by atoms with E-state index in [1.807, 2.05) is 0 Å². The van der Waals surface area contributed by atoms with Crippen molar-refractivity contribution in [3.8, 4) is 0 Å². The van der Waals surface area contributed by atoms with Gasteiger partial charge in [0.15, 0.2) is 0 Å². The molecule has 0 unspecified atom stereocenters. The molecule has 0 N–H and O–H groups in total. The van der Waals surface area contributed by atoms with Crippen LogP contribution >= 0.6 is 34.8 Å². The SMILES string of the molecule is Cc1ccc(C(=O)C(Cl)(Cl)Cl)c(F)c1. The Labute approximate surface area is 95.8 Å². The molecule has 0 radical (unpaired) electrons. The fraction of sp³-hybridized carbons (Fsp3) is 0.222. The molecule has 0 atom stereocenters. The van der Waals surface area contributed by atoms with Gasteiger partial charge in [-0.1, -0.05) is 40.9 Å². The fourth-order valence-corrected chi connectivity index (χ4v) is 1.26. The lowest BCUT2D eigenvalue weighted by Crippen LogP contribution is -2.20. The van der Waals surface area contributed by atoms with Gasteiger partial charge >= 0.3 is 0 Å². The highest BCUT2D eigenvalue weighted by Gasteiger charge is 2.33. The molecule has 1 aromatic carbocycles. The minimum atomic E-state index is -2.11. The number of halogens is 4. The van der Waals surface area contributed by atoms with Gasteiger partial charge in [-0.25, -0.2) is 4.39 Å². The first-order valence-corrected chi connectivity index (χ1v) is 4.83. The van der Waals surface area contributed by atoms with Crippen molar-refractivity contribution in [2.75, 3.05) is 0 Å². The number of benzene rings is 1. The van der Waals surface area contributed by atoms with E-state index >= 15 is 0 Å². The van der Waals surface area contributed by atoms with Crippen LogP contribution < -0.4 is 0 Å². The van der Waals surface area contributed by atoms with Crippen LogP contribution in [-0.2, 0) is 0 Å². The lowest BCUT2D eigenvalue weighted by atomic mass is 10.1. The number of aryl methyl sites for hydroxylation is 1. The summed E-state index contributed by atoms with van der Waals surface area (Å²) in [5.74, 6) is -1.54. The van der Waals surface area contributed by atoms with Crippen molar-refractivity contribution in [1.29, 1.82) is 0 Å². The van der Waals surface area contributed by atoms with Crippen molar-refractivity contribution in [3.63, 3.8) is 0 Å². The van der Waals surface area contributed by atoms with Gasteiger partial charge in [0.1, 0.15) is 5.82 Å². The van der Waals surface area contributed by atoms with E-state index in [1.54, 1.807) is 13.0 Å². The number of rotatable bonds is 1. The number of carbonyl (C=O) groups is 1. The van der Waals surface area contributed by atoms with Gasteiger partial charge in [-0.05, 0) is 24.6 Å². The summed E-state index contributed by atoms with van der Waals surface area (Å²) in [5.41, 5.74) is 0.485. The lowest BCUT2D eigenvalue weighted by Gasteiger charge is -2.10. The first-order chi connectivity index (χ1) is 6.32. The Hall–Kier alpha value is -0.310. The van der Waals surface area contributed by atoms with Crippen LogP contribution in [0.4, 0.5) is 4.39 Å². The van der Waals surface area contributed by atoms with Gasteiger partial charge < -0.3 is 0 Å². The van der Waals surface area contributed by atoms with E-state index in [-0.39, 0.29) is 5.56 Å². The molecule has 1 nitrogen and oxygen atoms in total. The topological polar surface area (TPSA) is 17.1 Å². The zero-order valence-electron chi connectivity index (χ0n) is 7.15. The molecule has 14 heavy (non-hydrogen) atoms. The number of carbonyl (C=O) groups excluding carboxylic acids is 1. The molecule has 0 saturated heterocycles. The zero-order chi connectivity index (χ0) is 10.9. The summed E-state index contributed by atoms with van der Waals surface area (Å²) in [7, 11) is 0. The summed E-state index contributed by atoms with van der Waals surface area (Å²) in [6.07, 6.45) is 0. The van der Waals surface area contributed by atoms with Crippen molar-refractivity contribution < 1.29 is 9.18 Å². The molecule has 0 heterocycles. The van der Waals surface area contributed by atoms with Crippen molar-refractivity contribution >= 4 is 40.6 Å². The maximum atomic E-state index is 13.2. The third-order valence-corrected chi connectivity index (χ3v) is 2.14. The molecule has 0 aromatic heterocycles. The quantitative estimate of drug-likeness (QED) is 0.552.